The van der Waals surface area contributed by atoms with Crippen LogP contribution < -0.4 is 5.43 Å². The van der Waals surface area contributed by atoms with Crippen molar-refractivity contribution >= 4 is 17.7 Å². The van der Waals surface area contributed by atoms with Crippen LogP contribution in [0.2, 0.25) is 0 Å². The van der Waals surface area contributed by atoms with Crippen molar-refractivity contribution in [3.05, 3.63) is 12.7 Å². The predicted molar refractivity (Wildman–Crippen MR) is 66.6 cm³/mol. The minimum Gasteiger partial charge on any atom is -0.274 e. The van der Waals surface area contributed by atoms with Gasteiger partial charge in [-0.25, -0.2) is 4.68 Å². The number of nitrogens with one attached hydrogen (secondary N) is 1. The van der Waals surface area contributed by atoms with Crippen LogP contribution in [0.5, 0.6) is 0 Å². The molecule has 1 aliphatic carbocycles. The summed E-state index contributed by atoms with van der Waals surface area (Å²) in [6.45, 7) is -0.247. The maximum absolute atomic E-state index is 12.2. The van der Waals surface area contributed by atoms with E-state index in [-0.39, 0.29) is 30.2 Å². The van der Waals surface area contributed by atoms with Crippen LogP contribution in [0.1, 0.15) is 25.7 Å². The molecule has 2 heterocycles. The van der Waals surface area contributed by atoms with E-state index in [1.165, 1.54) is 17.3 Å². The molecular weight excluding hydrogens is 262 g/mol. The molecule has 8 nitrogen and oxygen atoms in total. The van der Waals surface area contributed by atoms with Crippen LogP contribution in [0.3, 0.4) is 0 Å². The molecule has 0 radical (unpaired) electrons. The lowest BCUT2D eigenvalue weighted by Gasteiger charge is -2.19. The lowest BCUT2D eigenvalue weighted by atomic mass is 9.81. The second-order valence-electron chi connectivity index (χ2n) is 5.16. The highest BCUT2D eigenvalue weighted by molar-refractivity contribution is 6.08. The number of fused-ring (bicyclic) bond motifs is 1. The number of hydrogen-bond acceptors (Lipinski definition) is 5. The zero-order valence-corrected chi connectivity index (χ0v) is 10.9. The Balaban J connectivity index is 1.66. The third-order valence-electron chi connectivity index (χ3n) is 3.91. The molecular formula is C12H15N5O3. The summed E-state index contributed by atoms with van der Waals surface area (Å²) < 4.78 is 1.28. The zero-order chi connectivity index (χ0) is 14.1. The first-order chi connectivity index (χ1) is 9.66. The van der Waals surface area contributed by atoms with E-state index in [4.69, 9.17) is 0 Å². The molecule has 3 rings (SSSR count). The number of aromatic nitrogens is 3. The lowest BCUT2D eigenvalue weighted by molar-refractivity contribution is -0.142. The normalized spacial score (nSPS) is 25.7. The van der Waals surface area contributed by atoms with Crippen LogP contribution in [-0.2, 0) is 14.4 Å². The molecule has 0 aromatic carbocycles. The van der Waals surface area contributed by atoms with Crippen molar-refractivity contribution in [2.24, 2.45) is 11.8 Å². The molecule has 1 saturated heterocycles. The van der Waals surface area contributed by atoms with E-state index in [9.17, 15) is 14.4 Å². The number of likely N-dealkylation sites (tertiary alicyclic amines) is 1. The van der Waals surface area contributed by atoms with Gasteiger partial charge in [0, 0.05) is 0 Å². The number of imide groups is 1. The Morgan fingerprint density at radius 1 is 1.15 bits per heavy atom. The molecule has 1 N–H and O–H groups in total. The number of carbonyl (C=O) groups excluding carboxylic acids is 3. The summed E-state index contributed by atoms with van der Waals surface area (Å²) in [5.41, 5.74) is 2.48. The third kappa shape index (κ3) is 2.17. The third-order valence-corrected chi connectivity index (χ3v) is 3.91. The standard InChI is InChI=1S/C12H15N5O3/c18-10(15-16-6-13-14-7-16)5-17-11(19)8-3-1-2-4-9(8)12(17)20/h6-9H,1-5H2,(H,15,18)/t8-,9-/m1/s1. The average molecular weight is 277 g/mol. The fourth-order valence-electron chi connectivity index (χ4n) is 2.97. The largest absolute Gasteiger partial charge is 0.274 e. The molecule has 106 valence electrons. The number of carbonyl (C=O) groups is 3. The van der Waals surface area contributed by atoms with Crippen LogP contribution in [0.4, 0.5) is 0 Å². The molecule has 3 amide bonds. The zero-order valence-electron chi connectivity index (χ0n) is 10.9. The Morgan fingerprint density at radius 3 is 2.25 bits per heavy atom. The van der Waals surface area contributed by atoms with E-state index in [1.54, 1.807) is 0 Å². The first-order valence-electron chi connectivity index (χ1n) is 6.66. The summed E-state index contributed by atoms with van der Waals surface area (Å²) in [5.74, 6) is -1.31. The minimum atomic E-state index is -0.440. The molecule has 0 spiro atoms. The fourth-order valence-corrected chi connectivity index (χ4v) is 2.97. The van der Waals surface area contributed by atoms with Gasteiger partial charge >= 0.3 is 0 Å². The highest BCUT2D eigenvalue weighted by Crippen LogP contribution is 2.37. The molecule has 2 aliphatic rings. The van der Waals surface area contributed by atoms with Gasteiger partial charge < -0.3 is 0 Å². The lowest BCUT2D eigenvalue weighted by Crippen LogP contribution is -2.40. The Kier molecular flexibility index (Phi) is 3.21. The van der Waals surface area contributed by atoms with Gasteiger partial charge in [-0.2, -0.15) is 0 Å². The van der Waals surface area contributed by atoms with Crippen LogP contribution in [0, 0.1) is 11.8 Å². The summed E-state index contributed by atoms with van der Waals surface area (Å²) in [6.07, 6.45) is 6.09. The first-order valence-corrected chi connectivity index (χ1v) is 6.66. The van der Waals surface area contributed by atoms with E-state index >= 15 is 0 Å². The summed E-state index contributed by atoms with van der Waals surface area (Å²) in [7, 11) is 0. The molecule has 0 bridgehead atoms. The van der Waals surface area contributed by atoms with E-state index in [0.717, 1.165) is 30.6 Å². The van der Waals surface area contributed by atoms with Gasteiger partial charge in [-0.05, 0) is 12.8 Å². The molecule has 1 aromatic heterocycles. The molecule has 1 saturated carbocycles. The summed E-state index contributed by atoms with van der Waals surface area (Å²) in [5, 5.41) is 7.09. The highest BCUT2D eigenvalue weighted by atomic mass is 16.2. The number of hydrogen-bond donors (Lipinski definition) is 1. The van der Waals surface area contributed by atoms with Crippen molar-refractivity contribution in [3.8, 4) is 0 Å². The SMILES string of the molecule is O=C(CN1C(=O)[C@@H]2CCCC[C@H]2C1=O)Nn1cnnc1. The Labute approximate surface area is 115 Å². The fraction of sp³-hybridized carbons (Fsp3) is 0.583. The quantitative estimate of drug-likeness (QED) is 0.753. The minimum absolute atomic E-state index is 0.210. The molecule has 8 heteroatoms. The number of amides is 3. The first kappa shape index (κ1) is 12.8. The van der Waals surface area contributed by atoms with Crippen molar-refractivity contribution in [2.45, 2.75) is 25.7 Å². The van der Waals surface area contributed by atoms with Gasteiger partial charge in [0.1, 0.15) is 19.2 Å². The van der Waals surface area contributed by atoms with Crippen LogP contribution in [0.15, 0.2) is 12.7 Å². The summed E-state index contributed by atoms with van der Waals surface area (Å²) in [4.78, 5) is 37.3. The van der Waals surface area contributed by atoms with Gasteiger partial charge in [0.05, 0.1) is 11.8 Å². The van der Waals surface area contributed by atoms with Gasteiger partial charge in [0.2, 0.25) is 11.8 Å². The molecule has 1 aliphatic heterocycles. The van der Waals surface area contributed by atoms with Crippen LogP contribution in [0.25, 0.3) is 0 Å². The smallest absolute Gasteiger partial charge is 0.259 e. The second kappa shape index (κ2) is 5.03. The molecule has 1 aromatic rings. The summed E-state index contributed by atoms with van der Waals surface area (Å²) in [6, 6.07) is 0. The van der Waals surface area contributed by atoms with E-state index in [2.05, 4.69) is 15.6 Å². The van der Waals surface area contributed by atoms with Crippen molar-refractivity contribution in [1.82, 2.24) is 19.8 Å². The average Bonchev–Trinajstić information content (AvgIpc) is 3.03. The van der Waals surface area contributed by atoms with Crippen molar-refractivity contribution in [3.63, 3.8) is 0 Å². The Hall–Kier alpha value is -2.25. The maximum Gasteiger partial charge on any atom is 0.259 e. The molecule has 20 heavy (non-hydrogen) atoms. The van der Waals surface area contributed by atoms with Gasteiger partial charge in [-0.1, -0.05) is 12.8 Å². The topological polar surface area (TPSA) is 97.2 Å². The monoisotopic (exact) mass is 277 g/mol. The number of nitrogens with zero attached hydrogens (tertiary/aromatic N) is 4. The Bertz CT molecular complexity index is 517. The van der Waals surface area contributed by atoms with Crippen LogP contribution in [-0.4, -0.2) is 44.0 Å². The predicted octanol–water partition coefficient (Wildman–Crippen LogP) is -0.477. The van der Waals surface area contributed by atoms with Gasteiger partial charge in [-0.3, -0.25) is 24.7 Å². The second-order valence-corrected chi connectivity index (χ2v) is 5.16. The molecule has 0 unspecified atom stereocenters. The van der Waals surface area contributed by atoms with Crippen molar-refractivity contribution in [1.29, 1.82) is 0 Å². The van der Waals surface area contributed by atoms with Crippen molar-refractivity contribution in [2.75, 3.05) is 12.0 Å². The van der Waals surface area contributed by atoms with Gasteiger partial charge in [0.15, 0.2) is 0 Å². The number of rotatable bonds is 3. The summed E-state index contributed by atoms with van der Waals surface area (Å²) >= 11 is 0. The van der Waals surface area contributed by atoms with E-state index in [0.29, 0.717) is 0 Å². The van der Waals surface area contributed by atoms with E-state index < -0.39 is 5.91 Å². The highest BCUT2D eigenvalue weighted by Gasteiger charge is 2.48. The molecule has 2 atom stereocenters. The Morgan fingerprint density at radius 2 is 1.70 bits per heavy atom. The molecule has 2 fully saturated rings. The van der Waals surface area contributed by atoms with Gasteiger partial charge in [0.25, 0.3) is 5.91 Å². The van der Waals surface area contributed by atoms with Gasteiger partial charge in [-0.15, -0.1) is 10.2 Å². The van der Waals surface area contributed by atoms with Crippen LogP contribution >= 0.6 is 0 Å². The van der Waals surface area contributed by atoms with E-state index in [1.807, 2.05) is 0 Å². The maximum atomic E-state index is 12.2. The van der Waals surface area contributed by atoms with Crippen molar-refractivity contribution < 1.29 is 14.4 Å².